The Morgan fingerprint density at radius 1 is 1.25 bits per heavy atom. The van der Waals surface area contributed by atoms with Crippen molar-refractivity contribution in [3.8, 4) is 0 Å². The Morgan fingerprint density at radius 3 is 2.40 bits per heavy atom. The highest BCUT2D eigenvalue weighted by molar-refractivity contribution is 5.78. The Labute approximate surface area is 119 Å². The third-order valence-electron chi connectivity index (χ3n) is 4.62. The Morgan fingerprint density at radius 2 is 1.85 bits per heavy atom. The van der Waals surface area contributed by atoms with E-state index in [1.807, 2.05) is 12.2 Å². The van der Waals surface area contributed by atoms with Crippen LogP contribution in [0.1, 0.15) is 45.4 Å². The van der Waals surface area contributed by atoms with Crippen LogP contribution >= 0.6 is 0 Å². The second kappa shape index (κ2) is 6.29. The van der Waals surface area contributed by atoms with Crippen molar-refractivity contribution in [3.63, 3.8) is 0 Å². The highest BCUT2D eigenvalue weighted by atomic mass is 16.4. The molecule has 0 aromatic heterocycles. The van der Waals surface area contributed by atoms with Gasteiger partial charge in [0.2, 0.25) is 0 Å². The number of nitrogens with one attached hydrogen (secondary N) is 2. The van der Waals surface area contributed by atoms with Crippen LogP contribution in [-0.4, -0.2) is 29.7 Å². The number of hydrogen-bond donors (Lipinski definition) is 3. The zero-order valence-corrected chi connectivity index (χ0v) is 12.0. The number of urea groups is 1. The normalized spacial score (nSPS) is 30.1. The fourth-order valence-corrected chi connectivity index (χ4v) is 3.00. The lowest BCUT2D eigenvalue weighted by Crippen LogP contribution is -2.49. The van der Waals surface area contributed by atoms with Crippen LogP contribution in [0.25, 0.3) is 0 Å². The second-order valence-electron chi connectivity index (χ2n) is 6.23. The number of hydrogen-bond acceptors (Lipinski definition) is 2. The molecule has 112 valence electrons. The Hall–Kier alpha value is -1.52. The number of carboxylic acid groups (broad SMARTS) is 1. The Balaban J connectivity index is 1.82. The summed E-state index contributed by atoms with van der Waals surface area (Å²) in [6.45, 7) is 2.38. The highest BCUT2D eigenvalue weighted by Gasteiger charge is 2.41. The molecule has 0 radical (unpaired) electrons. The summed E-state index contributed by atoms with van der Waals surface area (Å²) in [7, 11) is 0. The van der Waals surface area contributed by atoms with Crippen LogP contribution in [0.3, 0.4) is 0 Å². The Bertz CT molecular complexity index is 390. The molecule has 0 spiro atoms. The lowest BCUT2D eigenvalue weighted by atomic mass is 9.71. The van der Waals surface area contributed by atoms with E-state index >= 15 is 0 Å². The number of carbonyl (C=O) groups excluding carboxylic acids is 1. The maximum atomic E-state index is 11.8. The largest absolute Gasteiger partial charge is 0.481 e. The molecule has 0 aromatic rings. The minimum Gasteiger partial charge on any atom is -0.481 e. The van der Waals surface area contributed by atoms with Gasteiger partial charge in [0.15, 0.2) is 0 Å². The fraction of sp³-hybridized carbons (Fsp3) is 0.733. The molecule has 20 heavy (non-hydrogen) atoms. The lowest BCUT2D eigenvalue weighted by molar-refractivity contribution is -0.151. The SMILES string of the molecule is CC1CCC(CNC(=O)NC2CC=CC2)(C(=O)O)CC1. The standard InChI is InChI=1S/C15H24N2O3/c1-11-6-8-15(9-7-11,13(18)19)10-16-14(20)17-12-4-2-3-5-12/h2-3,11-12H,4-10H2,1H3,(H,18,19)(H2,16,17,20). The first-order valence-corrected chi connectivity index (χ1v) is 7.44. The van der Waals surface area contributed by atoms with Gasteiger partial charge in [0.1, 0.15) is 0 Å². The molecule has 0 bridgehead atoms. The molecule has 3 N–H and O–H groups in total. The molecule has 2 aliphatic rings. The number of amides is 2. The monoisotopic (exact) mass is 280 g/mol. The van der Waals surface area contributed by atoms with E-state index in [-0.39, 0.29) is 18.6 Å². The van der Waals surface area contributed by atoms with Gasteiger partial charge in [0.05, 0.1) is 5.41 Å². The number of aliphatic carboxylic acids is 1. The molecule has 0 atom stereocenters. The quantitative estimate of drug-likeness (QED) is 0.691. The smallest absolute Gasteiger partial charge is 0.315 e. The summed E-state index contributed by atoms with van der Waals surface area (Å²) in [6, 6.07) is -0.0971. The van der Waals surface area contributed by atoms with Crippen LogP contribution < -0.4 is 10.6 Å². The molecule has 5 heteroatoms. The van der Waals surface area contributed by atoms with E-state index < -0.39 is 11.4 Å². The van der Waals surface area contributed by atoms with Crippen molar-refractivity contribution < 1.29 is 14.7 Å². The molecule has 2 rings (SSSR count). The maximum Gasteiger partial charge on any atom is 0.315 e. The van der Waals surface area contributed by atoms with Gasteiger partial charge in [0, 0.05) is 12.6 Å². The van der Waals surface area contributed by atoms with Gasteiger partial charge in [-0.3, -0.25) is 4.79 Å². The van der Waals surface area contributed by atoms with Crippen LogP contribution in [0.5, 0.6) is 0 Å². The average molecular weight is 280 g/mol. The van der Waals surface area contributed by atoms with Crippen molar-refractivity contribution in [2.45, 2.75) is 51.5 Å². The first-order chi connectivity index (χ1) is 9.52. The maximum absolute atomic E-state index is 11.8. The molecule has 2 aliphatic carbocycles. The molecule has 5 nitrogen and oxygen atoms in total. The summed E-state index contributed by atoms with van der Waals surface area (Å²) in [5.74, 6) is -0.201. The van der Waals surface area contributed by atoms with Gasteiger partial charge in [0.25, 0.3) is 0 Å². The van der Waals surface area contributed by atoms with Crippen molar-refractivity contribution in [3.05, 3.63) is 12.2 Å². The molecule has 0 heterocycles. The van der Waals surface area contributed by atoms with Crippen LogP contribution in [0.4, 0.5) is 4.79 Å². The van der Waals surface area contributed by atoms with E-state index in [4.69, 9.17) is 0 Å². The minimum atomic E-state index is -0.785. The van der Waals surface area contributed by atoms with E-state index in [0.29, 0.717) is 18.8 Å². The van der Waals surface area contributed by atoms with E-state index in [2.05, 4.69) is 17.6 Å². The molecule has 0 aromatic carbocycles. The zero-order valence-electron chi connectivity index (χ0n) is 12.0. The predicted molar refractivity (Wildman–Crippen MR) is 76.4 cm³/mol. The lowest BCUT2D eigenvalue weighted by Gasteiger charge is -2.35. The van der Waals surface area contributed by atoms with Gasteiger partial charge in [-0.1, -0.05) is 19.1 Å². The molecule has 0 saturated heterocycles. The zero-order chi connectivity index (χ0) is 14.6. The molecule has 0 aliphatic heterocycles. The predicted octanol–water partition coefficient (Wildman–Crippen LogP) is 2.29. The second-order valence-corrected chi connectivity index (χ2v) is 6.23. The molecule has 0 unspecified atom stereocenters. The van der Waals surface area contributed by atoms with Crippen molar-refractivity contribution in [1.82, 2.24) is 10.6 Å². The summed E-state index contributed by atoms with van der Waals surface area (Å²) in [6.07, 6.45) is 8.94. The number of carbonyl (C=O) groups is 2. The van der Waals surface area contributed by atoms with E-state index in [9.17, 15) is 14.7 Å². The number of carboxylic acids is 1. The van der Waals surface area contributed by atoms with Gasteiger partial charge in [-0.15, -0.1) is 0 Å². The first-order valence-electron chi connectivity index (χ1n) is 7.44. The minimum absolute atomic E-state index is 0.155. The van der Waals surface area contributed by atoms with Gasteiger partial charge in [-0.2, -0.15) is 0 Å². The van der Waals surface area contributed by atoms with E-state index in [0.717, 1.165) is 25.7 Å². The Kier molecular flexibility index (Phi) is 4.68. The van der Waals surface area contributed by atoms with Gasteiger partial charge in [-0.25, -0.2) is 4.79 Å². The summed E-state index contributed by atoms with van der Waals surface area (Å²) in [4.78, 5) is 23.4. The summed E-state index contributed by atoms with van der Waals surface area (Å²) < 4.78 is 0. The molecule has 1 fully saturated rings. The highest BCUT2D eigenvalue weighted by Crippen LogP contribution is 2.38. The number of rotatable bonds is 4. The third kappa shape index (κ3) is 3.52. The van der Waals surface area contributed by atoms with E-state index in [1.165, 1.54) is 0 Å². The van der Waals surface area contributed by atoms with Gasteiger partial charge < -0.3 is 15.7 Å². The third-order valence-corrected chi connectivity index (χ3v) is 4.62. The summed E-state index contributed by atoms with van der Waals surface area (Å²) in [5.41, 5.74) is -0.780. The van der Waals surface area contributed by atoms with Gasteiger partial charge >= 0.3 is 12.0 Å². The molecule has 2 amide bonds. The van der Waals surface area contributed by atoms with Crippen LogP contribution in [-0.2, 0) is 4.79 Å². The van der Waals surface area contributed by atoms with Gasteiger partial charge in [-0.05, 0) is 44.4 Å². The van der Waals surface area contributed by atoms with Crippen LogP contribution in [0.15, 0.2) is 12.2 Å². The van der Waals surface area contributed by atoms with Crippen molar-refractivity contribution in [2.24, 2.45) is 11.3 Å². The van der Waals surface area contributed by atoms with Crippen molar-refractivity contribution >= 4 is 12.0 Å². The average Bonchev–Trinajstić information content (AvgIpc) is 2.91. The van der Waals surface area contributed by atoms with Crippen LogP contribution in [0.2, 0.25) is 0 Å². The van der Waals surface area contributed by atoms with Crippen molar-refractivity contribution in [1.29, 1.82) is 0 Å². The summed E-state index contributed by atoms with van der Waals surface area (Å²) in [5, 5.41) is 15.1. The topological polar surface area (TPSA) is 78.4 Å². The molecular formula is C15H24N2O3. The fourth-order valence-electron chi connectivity index (χ4n) is 3.00. The van der Waals surface area contributed by atoms with Crippen molar-refractivity contribution in [2.75, 3.05) is 6.54 Å². The first kappa shape index (κ1) is 14.9. The molecule has 1 saturated carbocycles. The summed E-state index contributed by atoms with van der Waals surface area (Å²) >= 11 is 0. The van der Waals surface area contributed by atoms with E-state index in [1.54, 1.807) is 0 Å². The molecular weight excluding hydrogens is 256 g/mol. The van der Waals surface area contributed by atoms with Crippen LogP contribution in [0, 0.1) is 11.3 Å².